The molecule has 1 aliphatic rings. The van der Waals surface area contributed by atoms with Crippen LogP contribution in [0.2, 0.25) is 0 Å². The molecular weight excluding hydrogens is 272 g/mol. The minimum atomic E-state index is -0.187. The second kappa shape index (κ2) is 5.91. The van der Waals surface area contributed by atoms with Crippen LogP contribution in [0, 0.1) is 0 Å². The van der Waals surface area contributed by atoms with E-state index in [9.17, 15) is 0 Å². The van der Waals surface area contributed by atoms with Gasteiger partial charge in [0.2, 0.25) is 0 Å². The molecule has 0 atom stereocenters. The number of ether oxygens (including phenoxy) is 1. The Labute approximate surface area is 132 Å². The van der Waals surface area contributed by atoms with Crippen molar-refractivity contribution in [2.45, 2.75) is 32.3 Å². The van der Waals surface area contributed by atoms with Crippen LogP contribution in [-0.2, 0) is 6.42 Å². The van der Waals surface area contributed by atoms with Crippen molar-refractivity contribution in [1.82, 2.24) is 0 Å². The minimum absolute atomic E-state index is 0.187. The highest BCUT2D eigenvalue weighted by atomic mass is 16.5. The van der Waals surface area contributed by atoms with Crippen molar-refractivity contribution in [2.75, 3.05) is 23.7 Å². The average Bonchev–Trinajstić information content (AvgIpc) is 2.46. The van der Waals surface area contributed by atoms with E-state index < -0.39 is 0 Å². The van der Waals surface area contributed by atoms with E-state index in [0.717, 1.165) is 43.1 Å². The number of anilines is 2. The first-order valence-corrected chi connectivity index (χ1v) is 7.91. The Hall–Kier alpha value is -2.16. The SMILES string of the molecule is CC1(C)CN(CCCc2ccccc2)c2ccc(N)cc2O1. The molecule has 0 aromatic heterocycles. The fourth-order valence-electron chi connectivity index (χ4n) is 3.07. The second-order valence-electron chi connectivity index (χ2n) is 6.60. The van der Waals surface area contributed by atoms with E-state index in [2.05, 4.69) is 55.1 Å². The van der Waals surface area contributed by atoms with Gasteiger partial charge in [0.1, 0.15) is 11.4 Å². The van der Waals surface area contributed by atoms with Crippen molar-refractivity contribution in [3.63, 3.8) is 0 Å². The molecule has 0 unspecified atom stereocenters. The van der Waals surface area contributed by atoms with Crippen LogP contribution < -0.4 is 15.4 Å². The summed E-state index contributed by atoms with van der Waals surface area (Å²) in [4.78, 5) is 2.42. The van der Waals surface area contributed by atoms with Crippen LogP contribution in [0.15, 0.2) is 48.5 Å². The number of nitrogen functional groups attached to an aromatic ring is 1. The van der Waals surface area contributed by atoms with Gasteiger partial charge in [0.15, 0.2) is 0 Å². The summed E-state index contributed by atoms with van der Waals surface area (Å²) in [5, 5.41) is 0. The zero-order valence-corrected chi connectivity index (χ0v) is 13.4. The summed E-state index contributed by atoms with van der Waals surface area (Å²) in [6.45, 7) is 6.18. The van der Waals surface area contributed by atoms with E-state index in [1.807, 2.05) is 12.1 Å². The Bertz CT molecular complexity index is 637. The number of fused-ring (bicyclic) bond motifs is 1. The predicted molar refractivity (Wildman–Crippen MR) is 92.5 cm³/mol. The third kappa shape index (κ3) is 3.35. The van der Waals surface area contributed by atoms with Gasteiger partial charge in [-0.2, -0.15) is 0 Å². The first-order valence-electron chi connectivity index (χ1n) is 7.91. The molecule has 0 radical (unpaired) electrons. The van der Waals surface area contributed by atoms with Gasteiger partial charge in [-0.3, -0.25) is 0 Å². The summed E-state index contributed by atoms with van der Waals surface area (Å²) < 4.78 is 6.07. The molecule has 0 saturated carbocycles. The fourth-order valence-corrected chi connectivity index (χ4v) is 3.07. The van der Waals surface area contributed by atoms with Crippen molar-refractivity contribution in [3.05, 3.63) is 54.1 Å². The van der Waals surface area contributed by atoms with Gasteiger partial charge in [0.05, 0.1) is 12.2 Å². The summed E-state index contributed by atoms with van der Waals surface area (Å²) >= 11 is 0. The first-order chi connectivity index (χ1) is 10.5. The van der Waals surface area contributed by atoms with Gasteiger partial charge in [-0.1, -0.05) is 30.3 Å². The Morgan fingerprint density at radius 3 is 2.68 bits per heavy atom. The molecule has 0 saturated heterocycles. The van der Waals surface area contributed by atoms with Gasteiger partial charge in [0.25, 0.3) is 0 Å². The fraction of sp³-hybridized carbons (Fsp3) is 0.368. The van der Waals surface area contributed by atoms with Crippen LogP contribution >= 0.6 is 0 Å². The number of rotatable bonds is 4. The van der Waals surface area contributed by atoms with E-state index in [1.165, 1.54) is 5.56 Å². The molecule has 3 nitrogen and oxygen atoms in total. The summed E-state index contributed by atoms with van der Waals surface area (Å²) in [5.74, 6) is 0.899. The zero-order chi connectivity index (χ0) is 15.6. The second-order valence-corrected chi connectivity index (χ2v) is 6.60. The van der Waals surface area contributed by atoms with Gasteiger partial charge >= 0.3 is 0 Å². The Balaban J connectivity index is 1.71. The highest BCUT2D eigenvalue weighted by molar-refractivity contribution is 5.65. The van der Waals surface area contributed by atoms with Gasteiger partial charge in [-0.25, -0.2) is 0 Å². The summed E-state index contributed by atoms with van der Waals surface area (Å²) in [6, 6.07) is 16.6. The molecule has 0 bridgehead atoms. The van der Waals surface area contributed by atoms with E-state index in [0.29, 0.717) is 0 Å². The van der Waals surface area contributed by atoms with E-state index in [4.69, 9.17) is 10.5 Å². The van der Waals surface area contributed by atoms with Crippen molar-refractivity contribution in [3.8, 4) is 5.75 Å². The third-order valence-corrected chi connectivity index (χ3v) is 4.02. The van der Waals surface area contributed by atoms with E-state index in [1.54, 1.807) is 0 Å². The molecule has 2 aromatic carbocycles. The molecule has 3 rings (SSSR count). The lowest BCUT2D eigenvalue weighted by Crippen LogP contribution is -2.47. The Kier molecular flexibility index (Phi) is 3.97. The third-order valence-electron chi connectivity index (χ3n) is 4.02. The minimum Gasteiger partial charge on any atom is -0.484 e. The summed E-state index contributed by atoms with van der Waals surface area (Å²) in [6.07, 6.45) is 2.23. The molecule has 0 spiro atoms. The van der Waals surface area contributed by atoms with Gasteiger partial charge in [-0.05, 0) is 44.4 Å². The number of aryl methyl sites for hydroxylation is 1. The van der Waals surface area contributed by atoms with Gasteiger partial charge in [0, 0.05) is 18.3 Å². The van der Waals surface area contributed by atoms with Gasteiger partial charge in [-0.15, -0.1) is 0 Å². The van der Waals surface area contributed by atoms with Crippen LogP contribution in [0.3, 0.4) is 0 Å². The molecule has 116 valence electrons. The molecule has 0 fully saturated rings. The topological polar surface area (TPSA) is 38.5 Å². The first kappa shape index (κ1) is 14.8. The summed E-state index contributed by atoms with van der Waals surface area (Å²) in [7, 11) is 0. The number of hydrogen-bond acceptors (Lipinski definition) is 3. The predicted octanol–water partition coefficient (Wildman–Crippen LogP) is 3.88. The lowest BCUT2D eigenvalue weighted by molar-refractivity contribution is 0.105. The monoisotopic (exact) mass is 296 g/mol. The average molecular weight is 296 g/mol. The maximum atomic E-state index is 6.07. The number of hydrogen-bond donors (Lipinski definition) is 1. The van der Waals surface area contributed by atoms with Crippen LogP contribution in [0.4, 0.5) is 11.4 Å². The van der Waals surface area contributed by atoms with Crippen molar-refractivity contribution in [1.29, 1.82) is 0 Å². The molecular formula is C19H24N2O. The maximum Gasteiger partial charge on any atom is 0.145 e. The highest BCUT2D eigenvalue weighted by Crippen LogP contribution is 2.38. The smallest absolute Gasteiger partial charge is 0.145 e. The lowest BCUT2D eigenvalue weighted by atomic mass is 10.0. The Morgan fingerprint density at radius 2 is 1.91 bits per heavy atom. The molecule has 1 aliphatic heterocycles. The Morgan fingerprint density at radius 1 is 1.14 bits per heavy atom. The molecule has 22 heavy (non-hydrogen) atoms. The van der Waals surface area contributed by atoms with Crippen molar-refractivity contribution < 1.29 is 4.74 Å². The van der Waals surface area contributed by atoms with Crippen LogP contribution in [0.5, 0.6) is 5.75 Å². The molecule has 0 amide bonds. The maximum absolute atomic E-state index is 6.07. The van der Waals surface area contributed by atoms with Crippen LogP contribution in [0.1, 0.15) is 25.8 Å². The quantitative estimate of drug-likeness (QED) is 0.870. The number of nitrogens with zero attached hydrogens (tertiary/aromatic N) is 1. The molecule has 2 aromatic rings. The van der Waals surface area contributed by atoms with Crippen molar-refractivity contribution in [2.24, 2.45) is 0 Å². The molecule has 2 N–H and O–H groups in total. The standard InChI is InChI=1S/C19H24N2O/c1-19(2)14-21(12-6-9-15-7-4-3-5-8-15)17-11-10-16(20)13-18(17)22-19/h3-5,7-8,10-11,13H,6,9,12,14,20H2,1-2H3. The zero-order valence-electron chi connectivity index (χ0n) is 13.4. The lowest BCUT2D eigenvalue weighted by Gasteiger charge is -2.41. The number of nitrogens with two attached hydrogens (primary N) is 1. The highest BCUT2D eigenvalue weighted by Gasteiger charge is 2.31. The van der Waals surface area contributed by atoms with E-state index >= 15 is 0 Å². The normalized spacial score (nSPS) is 16.0. The van der Waals surface area contributed by atoms with E-state index in [-0.39, 0.29) is 5.60 Å². The van der Waals surface area contributed by atoms with Crippen LogP contribution in [0.25, 0.3) is 0 Å². The molecule has 3 heteroatoms. The molecule has 1 heterocycles. The largest absolute Gasteiger partial charge is 0.484 e. The molecule has 0 aliphatic carbocycles. The summed E-state index contributed by atoms with van der Waals surface area (Å²) in [5.41, 5.74) is 9.01. The number of benzene rings is 2. The van der Waals surface area contributed by atoms with Crippen molar-refractivity contribution >= 4 is 11.4 Å². The van der Waals surface area contributed by atoms with Crippen LogP contribution in [-0.4, -0.2) is 18.7 Å². The van der Waals surface area contributed by atoms with Gasteiger partial charge < -0.3 is 15.4 Å².